The molecule has 1 N–H and O–H groups in total. The molecular weight excluding hydrogens is 316 g/mol. The predicted octanol–water partition coefficient (Wildman–Crippen LogP) is 5.26. The highest BCUT2D eigenvalue weighted by molar-refractivity contribution is 8.00. The predicted molar refractivity (Wildman–Crippen MR) is 94.2 cm³/mol. The van der Waals surface area contributed by atoms with E-state index in [0.717, 1.165) is 17.0 Å². The van der Waals surface area contributed by atoms with Gasteiger partial charge in [-0.3, -0.25) is 4.90 Å². The molecule has 0 spiro atoms. The summed E-state index contributed by atoms with van der Waals surface area (Å²) in [7, 11) is 0. The lowest BCUT2D eigenvalue weighted by Gasteiger charge is -2.33. The van der Waals surface area contributed by atoms with Gasteiger partial charge in [0.15, 0.2) is 0 Å². The maximum atomic E-state index is 12.7. The Bertz CT molecular complexity index is 692. The number of rotatable bonds is 2. The monoisotopic (exact) mass is 332 g/mol. The van der Waals surface area contributed by atoms with Gasteiger partial charge in [-0.05, 0) is 36.8 Å². The van der Waals surface area contributed by atoms with Crippen molar-refractivity contribution in [3.05, 3.63) is 53.6 Å². The van der Waals surface area contributed by atoms with E-state index in [1.807, 2.05) is 47.0 Å². The number of thioether (sulfide) groups is 1. The fourth-order valence-electron chi connectivity index (χ4n) is 2.46. The minimum atomic E-state index is -0.117. The zero-order chi connectivity index (χ0) is 15.5. The molecule has 5 heteroatoms. The molecule has 2 aromatic rings. The molecule has 2 aromatic carbocycles. The molecule has 0 bridgehead atoms. The second-order valence-electron chi connectivity index (χ2n) is 5.17. The van der Waals surface area contributed by atoms with Gasteiger partial charge in [-0.2, -0.15) is 0 Å². The number of benzene rings is 2. The number of nitrogens with one attached hydrogen (secondary N) is 1. The van der Waals surface area contributed by atoms with Gasteiger partial charge >= 0.3 is 6.03 Å². The zero-order valence-electron chi connectivity index (χ0n) is 12.3. The first kappa shape index (κ1) is 15.3. The quantitative estimate of drug-likeness (QED) is 0.813. The molecule has 0 fully saturated rings. The molecule has 2 amide bonds. The van der Waals surface area contributed by atoms with E-state index < -0.39 is 0 Å². The molecule has 0 aromatic heterocycles. The van der Waals surface area contributed by atoms with Crippen LogP contribution in [0.2, 0.25) is 5.02 Å². The van der Waals surface area contributed by atoms with Crippen LogP contribution in [-0.4, -0.2) is 17.8 Å². The van der Waals surface area contributed by atoms with Gasteiger partial charge in [0, 0.05) is 27.4 Å². The van der Waals surface area contributed by atoms with Gasteiger partial charge in [-0.15, -0.1) is 11.8 Å². The molecule has 1 heterocycles. The second-order valence-corrected chi connectivity index (χ2v) is 6.95. The van der Waals surface area contributed by atoms with E-state index in [0.29, 0.717) is 22.5 Å². The Morgan fingerprint density at radius 2 is 2.14 bits per heavy atom. The van der Waals surface area contributed by atoms with Crippen molar-refractivity contribution in [2.75, 3.05) is 16.8 Å². The smallest absolute Gasteiger partial charge is 0.307 e. The number of hydrogen-bond acceptors (Lipinski definition) is 2. The maximum absolute atomic E-state index is 12.7. The molecule has 0 aliphatic carbocycles. The minimum absolute atomic E-state index is 0.117. The summed E-state index contributed by atoms with van der Waals surface area (Å²) >= 11 is 7.82. The van der Waals surface area contributed by atoms with Crippen LogP contribution in [0.4, 0.5) is 16.2 Å². The van der Waals surface area contributed by atoms with Gasteiger partial charge in [0.2, 0.25) is 0 Å². The molecule has 0 saturated heterocycles. The number of nitrogens with zero attached hydrogens (tertiary/aromatic N) is 1. The van der Waals surface area contributed by atoms with Crippen molar-refractivity contribution in [2.45, 2.75) is 23.5 Å². The fourth-order valence-corrected chi connectivity index (χ4v) is 3.86. The molecule has 1 atom stereocenters. The molecule has 0 saturated carbocycles. The van der Waals surface area contributed by atoms with E-state index in [2.05, 4.69) is 18.3 Å². The van der Waals surface area contributed by atoms with Gasteiger partial charge < -0.3 is 5.32 Å². The highest BCUT2D eigenvalue weighted by Gasteiger charge is 2.28. The van der Waals surface area contributed by atoms with E-state index in [1.54, 1.807) is 12.1 Å². The number of halogens is 1. The molecule has 22 heavy (non-hydrogen) atoms. The number of hydrogen-bond donors (Lipinski definition) is 1. The van der Waals surface area contributed by atoms with Crippen LogP contribution in [0.15, 0.2) is 53.4 Å². The van der Waals surface area contributed by atoms with E-state index in [1.165, 1.54) is 0 Å². The third-order valence-corrected chi connectivity index (χ3v) is 5.26. The average molecular weight is 333 g/mol. The SMILES string of the molecule is CC[C@@H]1CN(C(=O)Nc2cccc(Cl)c2)c2ccccc2S1. The van der Waals surface area contributed by atoms with Crippen molar-refractivity contribution >= 4 is 40.8 Å². The summed E-state index contributed by atoms with van der Waals surface area (Å²) in [5.74, 6) is 0. The van der Waals surface area contributed by atoms with Gasteiger partial charge in [0.25, 0.3) is 0 Å². The number of para-hydroxylation sites is 1. The van der Waals surface area contributed by atoms with Gasteiger partial charge in [0.1, 0.15) is 0 Å². The molecule has 114 valence electrons. The summed E-state index contributed by atoms with van der Waals surface area (Å²) in [5.41, 5.74) is 1.68. The number of urea groups is 1. The standard InChI is InChI=1S/C17H17ClN2OS/c1-2-14-11-20(15-8-3-4-9-16(15)22-14)17(21)19-13-7-5-6-12(18)10-13/h3-10,14H,2,11H2,1H3,(H,19,21)/t14-/m1/s1. The van der Waals surface area contributed by atoms with Crippen LogP contribution in [0.5, 0.6) is 0 Å². The van der Waals surface area contributed by atoms with E-state index >= 15 is 0 Å². The molecule has 0 unspecified atom stereocenters. The number of carbonyl (C=O) groups is 1. The van der Waals surface area contributed by atoms with Crippen LogP contribution >= 0.6 is 23.4 Å². The Labute approximate surface area is 139 Å². The van der Waals surface area contributed by atoms with Crippen LogP contribution in [0, 0.1) is 0 Å². The molecule has 3 nitrogen and oxygen atoms in total. The number of carbonyl (C=O) groups excluding carboxylic acids is 1. The zero-order valence-corrected chi connectivity index (χ0v) is 13.8. The van der Waals surface area contributed by atoms with Crippen molar-refractivity contribution in [2.24, 2.45) is 0 Å². The summed E-state index contributed by atoms with van der Waals surface area (Å²) in [5, 5.41) is 3.96. The van der Waals surface area contributed by atoms with Crippen molar-refractivity contribution in [3.8, 4) is 0 Å². The fraction of sp³-hybridized carbons (Fsp3) is 0.235. The third kappa shape index (κ3) is 3.23. The van der Waals surface area contributed by atoms with Crippen molar-refractivity contribution in [1.82, 2.24) is 0 Å². The van der Waals surface area contributed by atoms with E-state index in [4.69, 9.17) is 11.6 Å². The van der Waals surface area contributed by atoms with Gasteiger partial charge in [-0.25, -0.2) is 4.79 Å². The lowest BCUT2D eigenvalue weighted by Crippen LogP contribution is -2.41. The Morgan fingerprint density at radius 1 is 1.32 bits per heavy atom. The normalized spacial score (nSPS) is 17.0. The number of fused-ring (bicyclic) bond motifs is 1. The lowest BCUT2D eigenvalue weighted by atomic mass is 10.2. The Balaban J connectivity index is 1.85. The first-order valence-corrected chi connectivity index (χ1v) is 8.53. The van der Waals surface area contributed by atoms with E-state index in [9.17, 15) is 4.79 Å². The van der Waals surface area contributed by atoms with Crippen LogP contribution in [0.3, 0.4) is 0 Å². The molecule has 1 aliphatic rings. The summed E-state index contributed by atoms with van der Waals surface area (Å²) in [6, 6.07) is 15.1. The topological polar surface area (TPSA) is 32.3 Å². The highest BCUT2D eigenvalue weighted by atomic mass is 35.5. The minimum Gasteiger partial charge on any atom is -0.307 e. The van der Waals surface area contributed by atoms with Gasteiger partial charge in [0.05, 0.1) is 5.69 Å². The molecular formula is C17H17ClN2OS. The van der Waals surface area contributed by atoms with Crippen LogP contribution < -0.4 is 10.2 Å². The van der Waals surface area contributed by atoms with Gasteiger partial charge in [-0.1, -0.05) is 36.7 Å². The summed E-state index contributed by atoms with van der Waals surface area (Å²) in [6.45, 7) is 2.86. The Hall–Kier alpha value is -1.65. The maximum Gasteiger partial charge on any atom is 0.326 e. The largest absolute Gasteiger partial charge is 0.326 e. The van der Waals surface area contributed by atoms with Crippen molar-refractivity contribution in [1.29, 1.82) is 0 Å². The van der Waals surface area contributed by atoms with Crippen molar-refractivity contribution in [3.63, 3.8) is 0 Å². The lowest BCUT2D eigenvalue weighted by molar-refractivity contribution is 0.256. The summed E-state index contributed by atoms with van der Waals surface area (Å²) in [4.78, 5) is 15.6. The first-order valence-electron chi connectivity index (χ1n) is 7.27. The molecule has 1 aliphatic heterocycles. The number of anilines is 2. The second kappa shape index (κ2) is 6.63. The summed E-state index contributed by atoms with van der Waals surface area (Å²) < 4.78 is 0. The van der Waals surface area contributed by atoms with Crippen LogP contribution in [0.25, 0.3) is 0 Å². The third-order valence-electron chi connectivity index (χ3n) is 3.61. The molecule has 0 radical (unpaired) electrons. The first-order chi connectivity index (χ1) is 10.7. The highest BCUT2D eigenvalue weighted by Crippen LogP contribution is 2.39. The Kier molecular flexibility index (Phi) is 4.60. The summed E-state index contributed by atoms with van der Waals surface area (Å²) in [6.07, 6.45) is 1.03. The van der Waals surface area contributed by atoms with Crippen LogP contribution in [0.1, 0.15) is 13.3 Å². The van der Waals surface area contributed by atoms with E-state index in [-0.39, 0.29) is 6.03 Å². The molecule has 3 rings (SSSR count). The Morgan fingerprint density at radius 3 is 2.91 bits per heavy atom. The van der Waals surface area contributed by atoms with Crippen molar-refractivity contribution < 1.29 is 4.79 Å². The average Bonchev–Trinajstić information content (AvgIpc) is 2.53. The van der Waals surface area contributed by atoms with Crippen LogP contribution in [-0.2, 0) is 0 Å². The number of amides is 2.